The first-order chi connectivity index (χ1) is 12.6. The minimum Gasteiger partial charge on any atom is -0.465 e. The van der Waals surface area contributed by atoms with E-state index in [1.165, 1.54) is 22.4 Å². The lowest BCUT2D eigenvalue weighted by atomic mass is 10.0. The maximum Gasteiger partial charge on any atom is 0.337 e. The van der Waals surface area contributed by atoms with Crippen LogP contribution in [0.5, 0.6) is 0 Å². The van der Waals surface area contributed by atoms with E-state index in [1.54, 1.807) is 17.4 Å². The van der Waals surface area contributed by atoms with Gasteiger partial charge in [0.1, 0.15) is 0 Å². The van der Waals surface area contributed by atoms with Gasteiger partial charge in [0, 0.05) is 15.4 Å². The molecule has 0 aliphatic heterocycles. The highest BCUT2D eigenvalue weighted by atomic mass is 32.1. The molecule has 3 nitrogen and oxygen atoms in total. The zero-order valence-electron chi connectivity index (χ0n) is 14.2. The van der Waals surface area contributed by atoms with Gasteiger partial charge in [-0.05, 0) is 64.4 Å². The Kier molecular flexibility index (Phi) is 4.19. The Hall–Kier alpha value is -3.11. The van der Waals surface area contributed by atoms with Gasteiger partial charge in [-0.25, -0.2) is 4.79 Å². The molecule has 0 radical (unpaired) electrons. The van der Waals surface area contributed by atoms with Gasteiger partial charge in [-0.3, -0.25) is 0 Å². The predicted molar refractivity (Wildman–Crippen MR) is 108 cm³/mol. The molecule has 0 aliphatic carbocycles. The molecule has 0 fully saturated rings. The maximum atomic E-state index is 11.7. The highest BCUT2D eigenvalue weighted by Gasteiger charge is 2.08. The SMILES string of the molecule is COC(=O)c1ccc2cc(-c3ccc(-c4ccc(N)cc4)s3)ccc2c1. The first-order valence-electron chi connectivity index (χ1n) is 8.22. The molecule has 0 unspecified atom stereocenters. The summed E-state index contributed by atoms with van der Waals surface area (Å²) >= 11 is 1.75. The van der Waals surface area contributed by atoms with Crippen LogP contribution in [-0.2, 0) is 4.74 Å². The number of ether oxygens (including phenoxy) is 1. The molecule has 26 heavy (non-hydrogen) atoms. The number of anilines is 1. The van der Waals surface area contributed by atoms with Crippen molar-refractivity contribution >= 4 is 33.8 Å². The molecule has 2 N–H and O–H groups in total. The molecule has 1 heterocycles. The fraction of sp³-hybridized carbons (Fsp3) is 0.0455. The summed E-state index contributed by atoms with van der Waals surface area (Å²) in [6.45, 7) is 0. The summed E-state index contributed by atoms with van der Waals surface area (Å²) in [4.78, 5) is 14.1. The van der Waals surface area contributed by atoms with Crippen LogP contribution in [-0.4, -0.2) is 13.1 Å². The molecule has 0 spiro atoms. The maximum absolute atomic E-state index is 11.7. The average molecular weight is 359 g/mol. The van der Waals surface area contributed by atoms with Crippen LogP contribution in [0, 0.1) is 0 Å². The molecule has 0 amide bonds. The zero-order chi connectivity index (χ0) is 18.1. The topological polar surface area (TPSA) is 52.3 Å². The molecule has 0 bridgehead atoms. The summed E-state index contributed by atoms with van der Waals surface area (Å²) in [5.74, 6) is -0.317. The molecular formula is C22H17NO2S. The third-order valence-corrected chi connectivity index (χ3v) is 5.53. The quantitative estimate of drug-likeness (QED) is 0.382. The number of nitrogens with two attached hydrogens (primary N) is 1. The van der Waals surface area contributed by atoms with E-state index in [1.807, 2.05) is 42.5 Å². The molecule has 4 aromatic rings. The van der Waals surface area contributed by atoms with Gasteiger partial charge in [-0.15, -0.1) is 11.3 Å². The van der Waals surface area contributed by atoms with Gasteiger partial charge < -0.3 is 10.5 Å². The number of hydrogen-bond acceptors (Lipinski definition) is 4. The molecule has 4 rings (SSSR count). The third kappa shape index (κ3) is 3.07. The summed E-state index contributed by atoms with van der Waals surface area (Å²) in [5, 5.41) is 2.12. The lowest BCUT2D eigenvalue weighted by molar-refractivity contribution is 0.0601. The first kappa shape index (κ1) is 16.4. The number of nitrogen functional groups attached to an aromatic ring is 1. The lowest BCUT2D eigenvalue weighted by Crippen LogP contribution is -2.00. The third-order valence-electron chi connectivity index (χ3n) is 4.35. The molecule has 128 valence electrons. The van der Waals surface area contributed by atoms with Crippen LogP contribution >= 0.6 is 11.3 Å². The van der Waals surface area contributed by atoms with Crippen molar-refractivity contribution in [2.75, 3.05) is 12.8 Å². The summed E-state index contributed by atoms with van der Waals surface area (Å²) < 4.78 is 4.79. The molecular weight excluding hydrogens is 342 g/mol. The van der Waals surface area contributed by atoms with E-state index in [2.05, 4.69) is 24.3 Å². The van der Waals surface area contributed by atoms with Crippen LogP contribution in [0.2, 0.25) is 0 Å². The summed E-state index contributed by atoms with van der Waals surface area (Å²) in [6, 6.07) is 24.1. The molecule has 1 aromatic heterocycles. The van der Waals surface area contributed by atoms with Crippen molar-refractivity contribution in [1.29, 1.82) is 0 Å². The van der Waals surface area contributed by atoms with E-state index in [9.17, 15) is 4.79 Å². The Morgan fingerprint density at radius 3 is 2.15 bits per heavy atom. The standard InChI is InChI=1S/C22H17NO2S/c1-25-22(24)18-5-3-15-12-17(4-2-16(15)13-18)21-11-10-20(26-21)14-6-8-19(23)9-7-14/h2-13H,23H2,1H3. The monoisotopic (exact) mass is 359 g/mol. The van der Waals surface area contributed by atoms with Gasteiger partial charge in [0.25, 0.3) is 0 Å². The molecule has 0 atom stereocenters. The van der Waals surface area contributed by atoms with E-state index in [-0.39, 0.29) is 5.97 Å². The number of benzene rings is 3. The van der Waals surface area contributed by atoms with E-state index < -0.39 is 0 Å². The molecule has 0 aliphatic rings. The van der Waals surface area contributed by atoms with Gasteiger partial charge in [0.2, 0.25) is 0 Å². The Morgan fingerprint density at radius 2 is 1.42 bits per heavy atom. The Bertz CT molecular complexity index is 1100. The first-order valence-corrected chi connectivity index (χ1v) is 9.04. The van der Waals surface area contributed by atoms with E-state index in [4.69, 9.17) is 10.5 Å². The summed E-state index contributed by atoms with van der Waals surface area (Å²) in [5.41, 5.74) is 9.43. The highest BCUT2D eigenvalue weighted by molar-refractivity contribution is 7.18. The Balaban J connectivity index is 1.68. The molecule has 3 aromatic carbocycles. The van der Waals surface area contributed by atoms with Crippen LogP contribution in [0.1, 0.15) is 10.4 Å². The van der Waals surface area contributed by atoms with Gasteiger partial charge in [-0.1, -0.05) is 30.3 Å². The fourth-order valence-corrected chi connectivity index (χ4v) is 3.95. The van der Waals surface area contributed by atoms with Crippen LogP contribution in [0.25, 0.3) is 31.7 Å². The van der Waals surface area contributed by atoms with Crippen LogP contribution in [0.15, 0.2) is 72.8 Å². The van der Waals surface area contributed by atoms with Crippen molar-refractivity contribution in [2.24, 2.45) is 0 Å². The number of carbonyl (C=O) groups excluding carboxylic acids is 1. The van der Waals surface area contributed by atoms with E-state index in [0.29, 0.717) is 5.56 Å². The number of thiophene rings is 1. The fourth-order valence-electron chi connectivity index (χ4n) is 2.94. The van der Waals surface area contributed by atoms with Gasteiger partial charge in [0.15, 0.2) is 0 Å². The Morgan fingerprint density at radius 1 is 0.808 bits per heavy atom. The van der Waals surface area contributed by atoms with Crippen LogP contribution in [0.3, 0.4) is 0 Å². The second-order valence-corrected chi connectivity index (χ2v) is 7.14. The molecule has 4 heteroatoms. The number of carbonyl (C=O) groups is 1. The minimum atomic E-state index is -0.317. The van der Waals surface area contributed by atoms with Gasteiger partial charge in [-0.2, -0.15) is 0 Å². The van der Waals surface area contributed by atoms with Crippen molar-refractivity contribution in [1.82, 2.24) is 0 Å². The van der Waals surface area contributed by atoms with Crippen molar-refractivity contribution < 1.29 is 9.53 Å². The lowest BCUT2D eigenvalue weighted by Gasteiger charge is -2.04. The van der Waals surface area contributed by atoms with E-state index in [0.717, 1.165) is 22.0 Å². The number of fused-ring (bicyclic) bond motifs is 1. The number of hydrogen-bond donors (Lipinski definition) is 1. The molecule has 0 saturated heterocycles. The minimum absolute atomic E-state index is 0.317. The number of rotatable bonds is 3. The highest BCUT2D eigenvalue weighted by Crippen LogP contribution is 2.35. The number of methoxy groups -OCH3 is 1. The summed E-state index contributed by atoms with van der Waals surface area (Å²) in [6.07, 6.45) is 0. The average Bonchev–Trinajstić information content (AvgIpc) is 3.17. The van der Waals surface area contributed by atoms with Gasteiger partial charge in [0.05, 0.1) is 12.7 Å². The largest absolute Gasteiger partial charge is 0.465 e. The number of esters is 1. The smallest absolute Gasteiger partial charge is 0.337 e. The predicted octanol–water partition coefficient (Wildman–Crippen LogP) is 5.60. The zero-order valence-corrected chi connectivity index (χ0v) is 15.0. The van der Waals surface area contributed by atoms with E-state index >= 15 is 0 Å². The summed E-state index contributed by atoms with van der Waals surface area (Å²) in [7, 11) is 1.39. The van der Waals surface area contributed by atoms with Crippen molar-refractivity contribution in [3.63, 3.8) is 0 Å². The van der Waals surface area contributed by atoms with Crippen LogP contribution < -0.4 is 5.73 Å². The Labute approximate surface area is 155 Å². The normalized spacial score (nSPS) is 10.8. The van der Waals surface area contributed by atoms with Crippen molar-refractivity contribution in [2.45, 2.75) is 0 Å². The van der Waals surface area contributed by atoms with Crippen molar-refractivity contribution in [3.05, 3.63) is 78.4 Å². The van der Waals surface area contributed by atoms with Crippen molar-refractivity contribution in [3.8, 4) is 20.9 Å². The van der Waals surface area contributed by atoms with Crippen LogP contribution in [0.4, 0.5) is 5.69 Å². The second-order valence-electron chi connectivity index (χ2n) is 6.05. The van der Waals surface area contributed by atoms with Gasteiger partial charge >= 0.3 is 5.97 Å². The molecule has 0 saturated carbocycles. The second kappa shape index (κ2) is 6.65.